The minimum absolute atomic E-state index is 0.0667. The fraction of sp³-hybridized carbons (Fsp3) is 0.423. The highest BCUT2D eigenvalue weighted by molar-refractivity contribution is 5.84. The maximum absolute atomic E-state index is 14.3. The van der Waals surface area contributed by atoms with Crippen LogP contribution in [0.5, 0.6) is 0 Å². The third kappa shape index (κ3) is 4.35. The molecule has 7 nitrogen and oxygen atoms in total. The van der Waals surface area contributed by atoms with Crippen molar-refractivity contribution in [2.75, 3.05) is 13.2 Å². The zero-order valence-corrected chi connectivity index (χ0v) is 18.9. The van der Waals surface area contributed by atoms with Gasteiger partial charge in [0.15, 0.2) is 0 Å². The SMILES string of the molecule is O=C(NC[C@H]1[C@@H](C(=O)N[C@@H]2CC[C@H](C(=O)O)C2)C1(F)F)OCC1c2ccccc2-c2ccccc21. The molecule has 0 spiro atoms. The van der Waals surface area contributed by atoms with Crippen molar-refractivity contribution >= 4 is 18.0 Å². The minimum Gasteiger partial charge on any atom is -0.481 e. The summed E-state index contributed by atoms with van der Waals surface area (Å²) in [4.78, 5) is 35.7. The van der Waals surface area contributed by atoms with Gasteiger partial charge in [-0.15, -0.1) is 0 Å². The molecule has 0 saturated heterocycles. The highest BCUT2D eigenvalue weighted by Crippen LogP contribution is 2.55. The molecule has 184 valence electrons. The van der Waals surface area contributed by atoms with Gasteiger partial charge in [-0.3, -0.25) is 9.59 Å². The van der Waals surface area contributed by atoms with Gasteiger partial charge in [-0.25, -0.2) is 13.6 Å². The summed E-state index contributed by atoms with van der Waals surface area (Å²) >= 11 is 0. The van der Waals surface area contributed by atoms with Gasteiger partial charge in [-0.05, 0) is 41.5 Å². The number of hydrogen-bond acceptors (Lipinski definition) is 4. The van der Waals surface area contributed by atoms with E-state index >= 15 is 0 Å². The number of carbonyl (C=O) groups is 3. The van der Waals surface area contributed by atoms with Gasteiger partial charge >= 0.3 is 12.1 Å². The number of alkyl carbamates (subject to hydrolysis) is 1. The van der Waals surface area contributed by atoms with Crippen LogP contribution >= 0.6 is 0 Å². The Morgan fingerprint density at radius 3 is 2.23 bits per heavy atom. The molecule has 2 saturated carbocycles. The molecule has 0 heterocycles. The topological polar surface area (TPSA) is 105 Å². The second-order valence-electron chi connectivity index (χ2n) is 9.52. The molecule has 0 unspecified atom stereocenters. The van der Waals surface area contributed by atoms with Crippen LogP contribution in [0.2, 0.25) is 0 Å². The third-order valence-corrected chi connectivity index (χ3v) is 7.42. The summed E-state index contributed by atoms with van der Waals surface area (Å²) < 4.78 is 33.9. The number of fused-ring (bicyclic) bond motifs is 3. The molecule has 35 heavy (non-hydrogen) atoms. The first kappa shape index (κ1) is 23.3. The Balaban J connectivity index is 1.12. The van der Waals surface area contributed by atoms with Crippen molar-refractivity contribution in [2.24, 2.45) is 17.8 Å². The van der Waals surface area contributed by atoms with E-state index in [0.29, 0.717) is 12.8 Å². The van der Waals surface area contributed by atoms with E-state index in [1.807, 2.05) is 48.5 Å². The molecule has 2 aromatic rings. The molecule has 3 aliphatic carbocycles. The number of hydrogen-bond donors (Lipinski definition) is 3. The fourth-order valence-electron chi connectivity index (χ4n) is 5.47. The molecule has 3 N–H and O–H groups in total. The Morgan fingerprint density at radius 2 is 1.63 bits per heavy atom. The lowest BCUT2D eigenvalue weighted by molar-refractivity contribution is -0.141. The number of carbonyl (C=O) groups excluding carboxylic acids is 2. The predicted molar refractivity (Wildman–Crippen MR) is 122 cm³/mol. The lowest BCUT2D eigenvalue weighted by atomic mass is 9.98. The van der Waals surface area contributed by atoms with E-state index in [0.717, 1.165) is 22.3 Å². The van der Waals surface area contributed by atoms with Crippen molar-refractivity contribution in [1.29, 1.82) is 0 Å². The summed E-state index contributed by atoms with van der Waals surface area (Å²) in [6.07, 6.45) is 0.286. The first-order chi connectivity index (χ1) is 16.8. The number of ether oxygens (including phenoxy) is 1. The molecule has 5 rings (SSSR count). The molecule has 0 bridgehead atoms. The van der Waals surface area contributed by atoms with Crippen LogP contribution in [-0.2, 0) is 14.3 Å². The lowest BCUT2D eigenvalue weighted by Gasteiger charge is -2.14. The van der Waals surface area contributed by atoms with E-state index in [1.54, 1.807) is 0 Å². The van der Waals surface area contributed by atoms with E-state index in [-0.39, 0.29) is 25.5 Å². The molecule has 4 atom stereocenters. The molecule has 2 amide bonds. The normalized spacial score (nSPS) is 25.9. The van der Waals surface area contributed by atoms with Gasteiger partial charge in [0.1, 0.15) is 12.5 Å². The van der Waals surface area contributed by atoms with Gasteiger partial charge in [0.2, 0.25) is 5.91 Å². The van der Waals surface area contributed by atoms with Gasteiger partial charge in [-0.1, -0.05) is 48.5 Å². The van der Waals surface area contributed by atoms with Crippen LogP contribution in [0.4, 0.5) is 13.6 Å². The molecule has 3 aliphatic rings. The molecular weight excluding hydrogens is 458 g/mol. The average molecular weight is 484 g/mol. The number of carboxylic acids is 1. The summed E-state index contributed by atoms with van der Waals surface area (Å²) in [5.74, 6) is -8.54. The Bertz CT molecular complexity index is 1120. The molecule has 0 aromatic heterocycles. The standard InChI is InChI=1S/C26H26F2N2O5/c27-26(28)21(22(26)23(31)30-15-10-9-14(11-15)24(32)33)12-29-25(34)35-13-20-18-7-3-1-5-16(18)17-6-2-4-8-19(17)20/h1-8,14-15,20-22H,9-13H2,(H,29,34)(H,30,31)(H,32,33)/t14-,15+,21-,22-/m0/s1. The van der Waals surface area contributed by atoms with Crippen molar-refractivity contribution in [3.8, 4) is 11.1 Å². The van der Waals surface area contributed by atoms with E-state index < -0.39 is 47.7 Å². The minimum atomic E-state index is -3.23. The number of carboxylic acid groups (broad SMARTS) is 1. The zero-order chi connectivity index (χ0) is 24.7. The lowest BCUT2D eigenvalue weighted by Crippen LogP contribution is -2.36. The Kier molecular flexibility index (Phi) is 5.94. The first-order valence-corrected chi connectivity index (χ1v) is 11.8. The van der Waals surface area contributed by atoms with Crippen LogP contribution in [0.25, 0.3) is 11.1 Å². The molecule has 2 aromatic carbocycles. The van der Waals surface area contributed by atoms with Crippen LogP contribution in [0.1, 0.15) is 36.3 Å². The quantitative estimate of drug-likeness (QED) is 0.555. The Labute approximate surface area is 200 Å². The Hall–Kier alpha value is -3.49. The van der Waals surface area contributed by atoms with Crippen molar-refractivity contribution < 1.29 is 33.0 Å². The van der Waals surface area contributed by atoms with Gasteiger partial charge in [-0.2, -0.15) is 0 Å². The summed E-state index contributed by atoms with van der Waals surface area (Å²) in [7, 11) is 0. The van der Waals surface area contributed by atoms with E-state index in [4.69, 9.17) is 9.84 Å². The number of amides is 2. The third-order valence-electron chi connectivity index (χ3n) is 7.42. The van der Waals surface area contributed by atoms with Gasteiger partial charge in [0.25, 0.3) is 5.92 Å². The highest BCUT2D eigenvalue weighted by atomic mass is 19.3. The largest absolute Gasteiger partial charge is 0.481 e. The van der Waals surface area contributed by atoms with E-state index in [9.17, 15) is 23.2 Å². The second kappa shape index (κ2) is 8.94. The van der Waals surface area contributed by atoms with Gasteiger partial charge < -0.3 is 20.5 Å². The van der Waals surface area contributed by atoms with Crippen LogP contribution < -0.4 is 10.6 Å². The van der Waals surface area contributed by atoms with E-state index in [1.165, 1.54) is 0 Å². The zero-order valence-electron chi connectivity index (χ0n) is 18.9. The Morgan fingerprint density at radius 1 is 1.00 bits per heavy atom. The monoisotopic (exact) mass is 484 g/mol. The van der Waals surface area contributed by atoms with Crippen LogP contribution in [-0.4, -0.2) is 48.2 Å². The van der Waals surface area contributed by atoms with Crippen LogP contribution in [0.3, 0.4) is 0 Å². The van der Waals surface area contributed by atoms with Crippen LogP contribution in [0.15, 0.2) is 48.5 Å². The van der Waals surface area contributed by atoms with Crippen molar-refractivity contribution in [2.45, 2.75) is 37.1 Å². The van der Waals surface area contributed by atoms with Crippen molar-refractivity contribution in [3.63, 3.8) is 0 Å². The highest BCUT2D eigenvalue weighted by Gasteiger charge is 2.71. The smallest absolute Gasteiger partial charge is 0.407 e. The van der Waals surface area contributed by atoms with Crippen molar-refractivity contribution in [3.05, 3.63) is 59.7 Å². The maximum Gasteiger partial charge on any atom is 0.407 e. The number of alkyl halides is 2. The number of rotatable bonds is 7. The number of nitrogens with one attached hydrogen (secondary N) is 2. The summed E-state index contributed by atoms with van der Waals surface area (Å²) in [6, 6.07) is 15.3. The summed E-state index contributed by atoms with van der Waals surface area (Å²) in [5.41, 5.74) is 4.26. The number of aliphatic carboxylic acids is 1. The molecule has 0 radical (unpaired) electrons. The summed E-state index contributed by atoms with van der Waals surface area (Å²) in [6.45, 7) is -0.318. The summed E-state index contributed by atoms with van der Waals surface area (Å²) in [5, 5.41) is 14.0. The molecule has 9 heteroatoms. The average Bonchev–Trinajstić information content (AvgIpc) is 3.14. The predicted octanol–water partition coefficient (Wildman–Crippen LogP) is 3.78. The molecule has 2 fully saturated rings. The number of halogens is 2. The molecular formula is C26H26F2N2O5. The van der Waals surface area contributed by atoms with Gasteiger partial charge in [0, 0.05) is 18.5 Å². The number of benzene rings is 2. The van der Waals surface area contributed by atoms with Gasteiger partial charge in [0.05, 0.1) is 11.8 Å². The van der Waals surface area contributed by atoms with Crippen LogP contribution in [0, 0.1) is 17.8 Å². The van der Waals surface area contributed by atoms with E-state index in [2.05, 4.69) is 10.6 Å². The maximum atomic E-state index is 14.3. The van der Waals surface area contributed by atoms with Crippen molar-refractivity contribution in [1.82, 2.24) is 10.6 Å². The second-order valence-corrected chi connectivity index (χ2v) is 9.52. The first-order valence-electron chi connectivity index (χ1n) is 11.8. The fourth-order valence-corrected chi connectivity index (χ4v) is 5.47. The molecule has 0 aliphatic heterocycles.